The first-order valence-electron chi connectivity index (χ1n) is 11.8. The van der Waals surface area contributed by atoms with Crippen LogP contribution in [0.5, 0.6) is 0 Å². The number of nitro groups is 1. The molecule has 1 fully saturated rings. The topological polar surface area (TPSA) is 72.7 Å². The SMILES string of the molecule is C[Si](C)(C)O[C@@H](CC[C@H]1[C@@H](c2ccc([N+](=O)[O-])cc2)C(=O)N1c1ccc(F)cc1)c1ccc(F)cc1. The molecule has 188 valence electrons. The first-order chi connectivity index (χ1) is 17.0. The summed E-state index contributed by atoms with van der Waals surface area (Å²) in [4.78, 5) is 25.5. The van der Waals surface area contributed by atoms with Gasteiger partial charge in [0.05, 0.1) is 23.0 Å². The van der Waals surface area contributed by atoms with Gasteiger partial charge in [-0.3, -0.25) is 14.9 Å². The molecule has 1 aliphatic rings. The normalized spacial score (nSPS) is 18.6. The van der Waals surface area contributed by atoms with Gasteiger partial charge in [-0.05, 0) is 80.0 Å². The van der Waals surface area contributed by atoms with Crippen LogP contribution < -0.4 is 4.90 Å². The van der Waals surface area contributed by atoms with Gasteiger partial charge < -0.3 is 9.33 Å². The van der Waals surface area contributed by atoms with Gasteiger partial charge in [0.15, 0.2) is 8.32 Å². The molecule has 0 spiro atoms. The number of rotatable bonds is 9. The summed E-state index contributed by atoms with van der Waals surface area (Å²) in [6.45, 7) is 6.25. The average Bonchev–Trinajstić information content (AvgIpc) is 2.82. The van der Waals surface area contributed by atoms with E-state index >= 15 is 0 Å². The zero-order valence-electron chi connectivity index (χ0n) is 20.4. The summed E-state index contributed by atoms with van der Waals surface area (Å²) in [7, 11) is -1.96. The molecule has 9 heteroatoms. The van der Waals surface area contributed by atoms with Gasteiger partial charge in [-0.15, -0.1) is 0 Å². The number of halogens is 2. The Morgan fingerprint density at radius 3 is 2.03 bits per heavy atom. The second-order valence-corrected chi connectivity index (χ2v) is 14.4. The van der Waals surface area contributed by atoms with Gasteiger partial charge in [0.25, 0.3) is 5.69 Å². The Morgan fingerprint density at radius 1 is 0.944 bits per heavy atom. The molecule has 0 bridgehead atoms. The Hall–Kier alpha value is -3.43. The largest absolute Gasteiger partial charge is 0.411 e. The van der Waals surface area contributed by atoms with Gasteiger partial charge in [0.2, 0.25) is 5.91 Å². The van der Waals surface area contributed by atoms with Crippen molar-refractivity contribution in [2.24, 2.45) is 0 Å². The second kappa shape index (κ2) is 10.3. The monoisotopic (exact) mass is 510 g/mol. The van der Waals surface area contributed by atoms with Crippen LogP contribution in [0.25, 0.3) is 0 Å². The summed E-state index contributed by atoms with van der Waals surface area (Å²) in [6, 6.07) is 17.8. The van der Waals surface area contributed by atoms with Gasteiger partial charge >= 0.3 is 0 Å². The van der Waals surface area contributed by atoms with Crippen LogP contribution in [-0.4, -0.2) is 25.2 Å². The number of non-ortho nitro benzene ring substituents is 1. The number of nitro benzene ring substituents is 1. The minimum atomic E-state index is -1.96. The molecule has 0 aromatic heterocycles. The number of benzene rings is 3. The van der Waals surface area contributed by atoms with Crippen LogP contribution in [-0.2, 0) is 9.22 Å². The molecule has 0 N–H and O–H groups in total. The summed E-state index contributed by atoms with van der Waals surface area (Å²) in [5.74, 6) is -1.35. The minimum Gasteiger partial charge on any atom is -0.411 e. The standard InChI is InChI=1S/C27H28F2N2O4Si/c1-36(2,3)35-25(18-4-8-20(28)9-5-18)17-16-24-26(19-6-12-23(13-7-19)31(33)34)27(32)30(24)22-14-10-21(29)11-15-22/h4-15,24-26H,16-17H2,1-3H3/t24-,25-,26+/m0/s1. The Labute approximate surface area is 209 Å². The van der Waals surface area contributed by atoms with Crippen LogP contribution in [0.3, 0.4) is 0 Å². The molecule has 6 nitrogen and oxygen atoms in total. The Morgan fingerprint density at radius 2 is 1.50 bits per heavy atom. The molecule has 1 saturated heterocycles. The van der Waals surface area contributed by atoms with Gasteiger partial charge in [-0.25, -0.2) is 8.78 Å². The number of β-lactam (4-membered cyclic amide) rings is 1. The molecule has 1 aliphatic heterocycles. The van der Waals surface area contributed by atoms with Crippen molar-refractivity contribution in [1.29, 1.82) is 0 Å². The Kier molecular flexibility index (Phi) is 7.32. The molecule has 0 saturated carbocycles. The lowest BCUT2D eigenvalue weighted by atomic mass is 9.78. The smallest absolute Gasteiger partial charge is 0.269 e. The van der Waals surface area contributed by atoms with Crippen molar-refractivity contribution in [2.45, 2.75) is 50.5 Å². The molecule has 1 heterocycles. The third-order valence-electron chi connectivity index (χ3n) is 6.25. The van der Waals surface area contributed by atoms with Crippen LogP contribution in [0.15, 0.2) is 72.8 Å². The number of carbonyl (C=O) groups excluding carboxylic acids is 1. The molecule has 3 atom stereocenters. The molecule has 0 radical (unpaired) electrons. The zero-order chi connectivity index (χ0) is 26.0. The summed E-state index contributed by atoms with van der Waals surface area (Å²) in [5, 5.41) is 11.1. The number of anilines is 1. The number of hydrogen-bond donors (Lipinski definition) is 0. The highest BCUT2D eigenvalue weighted by Gasteiger charge is 2.48. The second-order valence-electron chi connectivity index (χ2n) is 9.93. The van der Waals surface area contributed by atoms with Crippen molar-refractivity contribution in [3.63, 3.8) is 0 Å². The van der Waals surface area contributed by atoms with E-state index in [0.29, 0.717) is 24.1 Å². The van der Waals surface area contributed by atoms with Crippen molar-refractivity contribution < 1.29 is 22.9 Å². The molecule has 3 aromatic rings. The predicted octanol–water partition coefficient (Wildman–Crippen LogP) is 6.75. The first-order valence-corrected chi connectivity index (χ1v) is 15.2. The van der Waals surface area contributed by atoms with Crippen LogP contribution in [0.4, 0.5) is 20.2 Å². The van der Waals surface area contributed by atoms with Crippen molar-refractivity contribution in [3.8, 4) is 0 Å². The third kappa shape index (κ3) is 5.68. The minimum absolute atomic E-state index is 0.0441. The van der Waals surface area contributed by atoms with E-state index in [-0.39, 0.29) is 29.6 Å². The Bertz CT molecular complexity index is 1230. The molecule has 36 heavy (non-hydrogen) atoms. The summed E-state index contributed by atoms with van der Waals surface area (Å²) < 4.78 is 33.5. The molecule has 4 rings (SSSR count). The van der Waals surface area contributed by atoms with Crippen LogP contribution in [0.2, 0.25) is 19.6 Å². The number of amides is 1. The highest BCUT2D eigenvalue weighted by molar-refractivity contribution is 6.69. The number of hydrogen-bond acceptors (Lipinski definition) is 4. The van der Waals surface area contributed by atoms with Crippen LogP contribution >= 0.6 is 0 Å². The lowest BCUT2D eigenvalue weighted by molar-refractivity contribution is -0.384. The zero-order valence-corrected chi connectivity index (χ0v) is 21.4. The highest BCUT2D eigenvalue weighted by Crippen LogP contribution is 2.43. The van der Waals surface area contributed by atoms with E-state index in [9.17, 15) is 23.7 Å². The summed E-state index contributed by atoms with van der Waals surface area (Å²) in [5.41, 5.74) is 2.11. The summed E-state index contributed by atoms with van der Waals surface area (Å²) >= 11 is 0. The fourth-order valence-electron chi connectivity index (χ4n) is 4.65. The maximum absolute atomic E-state index is 13.5. The van der Waals surface area contributed by atoms with Crippen LogP contribution in [0, 0.1) is 21.7 Å². The van der Waals surface area contributed by atoms with Crippen molar-refractivity contribution in [2.75, 3.05) is 4.90 Å². The lowest BCUT2D eigenvalue weighted by Crippen LogP contribution is -2.59. The fourth-order valence-corrected chi connectivity index (χ4v) is 5.76. The predicted molar refractivity (Wildman–Crippen MR) is 136 cm³/mol. The van der Waals surface area contributed by atoms with E-state index in [1.807, 2.05) is 0 Å². The number of carbonyl (C=O) groups is 1. The molecule has 0 aliphatic carbocycles. The quantitative estimate of drug-likeness (QED) is 0.138. The van der Waals surface area contributed by atoms with Gasteiger partial charge in [0, 0.05) is 17.8 Å². The fraction of sp³-hybridized carbons (Fsp3) is 0.296. The van der Waals surface area contributed by atoms with E-state index in [1.165, 1.54) is 36.4 Å². The average molecular weight is 511 g/mol. The maximum atomic E-state index is 13.5. The van der Waals surface area contributed by atoms with Crippen molar-refractivity contribution >= 4 is 25.6 Å². The van der Waals surface area contributed by atoms with Gasteiger partial charge in [0.1, 0.15) is 11.6 Å². The number of nitrogens with zero attached hydrogens (tertiary/aromatic N) is 2. The first kappa shape index (κ1) is 25.7. The molecule has 0 unspecified atom stereocenters. The lowest BCUT2D eigenvalue weighted by Gasteiger charge is -2.48. The van der Waals surface area contributed by atoms with E-state index in [2.05, 4.69) is 19.6 Å². The van der Waals surface area contributed by atoms with E-state index in [1.54, 1.807) is 41.3 Å². The van der Waals surface area contributed by atoms with E-state index in [0.717, 1.165) is 5.56 Å². The van der Waals surface area contributed by atoms with Crippen molar-refractivity contribution in [1.82, 2.24) is 0 Å². The van der Waals surface area contributed by atoms with E-state index < -0.39 is 25.0 Å². The van der Waals surface area contributed by atoms with E-state index in [4.69, 9.17) is 4.43 Å². The van der Waals surface area contributed by atoms with Crippen LogP contribution in [0.1, 0.15) is 36.0 Å². The molecular weight excluding hydrogens is 482 g/mol. The third-order valence-corrected chi connectivity index (χ3v) is 7.24. The molecular formula is C27H28F2N2O4Si. The molecule has 3 aromatic carbocycles. The van der Waals surface area contributed by atoms with Gasteiger partial charge in [-0.2, -0.15) is 0 Å². The highest BCUT2D eigenvalue weighted by atomic mass is 28.4. The molecule has 1 amide bonds. The summed E-state index contributed by atoms with van der Waals surface area (Å²) in [6.07, 6.45) is 0.868. The van der Waals surface area contributed by atoms with Crippen molar-refractivity contribution in [3.05, 3.63) is 106 Å². The Balaban J connectivity index is 1.62. The maximum Gasteiger partial charge on any atom is 0.269 e. The van der Waals surface area contributed by atoms with Gasteiger partial charge in [-0.1, -0.05) is 24.3 Å².